The van der Waals surface area contributed by atoms with Crippen LogP contribution in [-0.2, 0) is 4.79 Å². The molecule has 162 valence electrons. The summed E-state index contributed by atoms with van der Waals surface area (Å²) in [6, 6.07) is 18.7. The van der Waals surface area contributed by atoms with Gasteiger partial charge in [0, 0.05) is 16.3 Å². The Bertz CT molecular complexity index is 1240. The molecule has 0 unspecified atom stereocenters. The molecule has 32 heavy (non-hydrogen) atoms. The van der Waals surface area contributed by atoms with E-state index in [-0.39, 0.29) is 17.6 Å². The summed E-state index contributed by atoms with van der Waals surface area (Å²) in [5.74, 6) is -0.0193. The quantitative estimate of drug-likeness (QED) is 0.311. The standard InChI is InChI=1S/C22H18ClN5O2S2/c1-14-4-2-5-17(12-14)28-20(15-7-9-16(23)10-8-15)25-27-22(28)32-13-19(29)24-26-21(30)18-6-3-11-31-18/h2-12H,13H2,1H3,(H,24,29)(H,26,30). The van der Waals surface area contributed by atoms with Gasteiger partial charge in [-0.3, -0.25) is 25.0 Å². The molecule has 2 amide bonds. The van der Waals surface area contributed by atoms with Gasteiger partial charge in [-0.1, -0.05) is 41.6 Å². The predicted octanol–water partition coefficient (Wildman–Crippen LogP) is 4.51. The van der Waals surface area contributed by atoms with Crippen LogP contribution < -0.4 is 10.9 Å². The molecule has 4 rings (SSSR count). The van der Waals surface area contributed by atoms with Crippen molar-refractivity contribution in [3.8, 4) is 17.1 Å². The molecule has 0 aliphatic carbocycles. The first-order chi connectivity index (χ1) is 15.5. The van der Waals surface area contributed by atoms with Crippen molar-refractivity contribution in [2.24, 2.45) is 0 Å². The van der Waals surface area contributed by atoms with Crippen LogP contribution in [0, 0.1) is 6.92 Å². The number of aromatic nitrogens is 3. The van der Waals surface area contributed by atoms with Gasteiger partial charge in [0.25, 0.3) is 5.91 Å². The number of hydrazine groups is 1. The molecule has 0 aliphatic rings. The molecular formula is C22H18ClN5O2S2. The summed E-state index contributed by atoms with van der Waals surface area (Å²) in [7, 11) is 0. The maximum atomic E-state index is 12.3. The maximum Gasteiger partial charge on any atom is 0.279 e. The van der Waals surface area contributed by atoms with Gasteiger partial charge in [-0.2, -0.15) is 0 Å². The number of thioether (sulfide) groups is 1. The molecule has 0 bridgehead atoms. The van der Waals surface area contributed by atoms with Gasteiger partial charge >= 0.3 is 0 Å². The summed E-state index contributed by atoms with van der Waals surface area (Å²) in [6.45, 7) is 2.01. The van der Waals surface area contributed by atoms with Gasteiger partial charge in [0.05, 0.1) is 10.6 Å². The molecule has 0 radical (unpaired) electrons. The highest BCUT2D eigenvalue weighted by Gasteiger charge is 2.18. The third-order valence-electron chi connectivity index (χ3n) is 4.39. The number of halogens is 1. The molecular weight excluding hydrogens is 466 g/mol. The molecule has 0 spiro atoms. The summed E-state index contributed by atoms with van der Waals surface area (Å²) in [5, 5.41) is 11.6. The lowest BCUT2D eigenvalue weighted by Crippen LogP contribution is -2.42. The summed E-state index contributed by atoms with van der Waals surface area (Å²) < 4.78 is 1.90. The van der Waals surface area contributed by atoms with Crippen molar-refractivity contribution >= 4 is 46.5 Å². The number of benzene rings is 2. The number of rotatable bonds is 6. The van der Waals surface area contributed by atoms with Gasteiger partial charge in [-0.25, -0.2) is 0 Å². The Morgan fingerprint density at radius 1 is 1.06 bits per heavy atom. The van der Waals surface area contributed by atoms with E-state index in [1.54, 1.807) is 29.6 Å². The Morgan fingerprint density at radius 3 is 2.59 bits per heavy atom. The van der Waals surface area contributed by atoms with E-state index in [0.717, 1.165) is 16.8 Å². The minimum absolute atomic E-state index is 0.0509. The second-order valence-corrected chi connectivity index (χ2v) is 9.08. The fraction of sp³-hybridized carbons (Fsp3) is 0.0909. The van der Waals surface area contributed by atoms with Gasteiger partial charge in [0.2, 0.25) is 5.91 Å². The van der Waals surface area contributed by atoms with E-state index in [1.165, 1.54) is 23.1 Å². The zero-order chi connectivity index (χ0) is 22.5. The van der Waals surface area contributed by atoms with Crippen LogP contribution in [-0.4, -0.2) is 32.3 Å². The molecule has 2 aromatic carbocycles. The van der Waals surface area contributed by atoms with E-state index in [9.17, 15) is 9.59 Å². The van der Waals surface area contributed by atoms with Crippen molar-refractivity contribution in [3.05, 3.63) is 81.5 Å². The monoisotopic (exact) mass is 483 g/mol. The normalized spacial score (nSPS) is 10.7. The Hall–Kier alpha value is -3.14. The van der Waals surface area contributed by atoms with Crippen LogP contribution in [0.3, 0.4) is 0 Å². The first kappa shape index (κ1) is 22.1. The number of carbonyl (C=O) groups excluding carboxylic acids is 2. The molecule has 2 heterocycles. The van der Waals surface area contributed by atoms with Crippen LogP contribution in [0.15, 0.2) is 71.2 Å². The topological polar surface area (TPSA) is 88.9 Å². The number of nitrogens with zero attached hydrogens (tertiary/aromatic N) is 3. The van der Waals surface area contributed by atoms with Crippen LogP contribution in [0.2, 0.25) is 5.02 Å². The molecule has 7 nitrogen and oxygen atoms in total. The van der Waals surface area contributed by atoms with Crippen molar-refractivity contribution in [1.29, 1.82) is 0 Å². The van der Waals surface area contributed by atoms with Gasteiger partial charge in [0.1, 0.15) is 0 Å². The third kappa shape index (κ3) is 5.18. The highest BCUT2D eigenvalue weighted by molar-refractivity contribution is 7.99. The molecule has 4 aromatic rings. The highest BCUT2D eigenvalue weighted by atomic mass is 35.5. The lowest BCUT2D eigenvalue weighted by atomic mass is 10.2. The number of aryl methyl sites for hydroxylation is 1. The molecule has 0 fully saturated rings. The minimum Gasteiger partial charge on any atom is -0.272 e. The lowest BCUT2D eigenvalue weighted by Gasteiger charge is -2.11. The molecule has 2 aromatic heterocycles. The summed E-state index contributed by atoms with van der Waals surface area (Å²) in [5.41, 5.74) is 7.66. The first-order valence-corrected chi connectivity index (χ1v) is 11.8. The van der Waals surface area contributed by atoms with Crippen LogP contribution >= 0.6 is 34.7 Å². The number of amides is 2. The largest absolute Gasteiger partial charge is 0.279 e. The molecule has 10 heteroatoms. The Balaban J connectivity index is 1.52. The highest BCUT2D eigenvalue weighted by Crippen LogP contribution is 2.29. The summed E-state index contributed by atoms with van der Waals surface area (Å²) >= 11 is 8.55. The number of nitrogens with one attached hydrogen (secondary N) is 2. The summed E-state index contributed by atoms with van der Waals surface area (Å²) in [4.78, 5) is 24.8. The van der Waals surface area contributed by atoms with Crippen LogP contribution in [0.5, 0.6) is 0 Å². The molecule has 0 saturated heterocycles. The van der Waals surface area contributed by atoms with E-state index in [2.05, 4.69) is 21.0 Å². The van der Waals surface area contributed by atoms with E-state index >= 15 is 0 Å². The van der Waals surface area contributed by atoms with E-state index < -0.39 is 0 Å². The second kappa shape index (κ2) is 9.99. The molecule has 0 saturated carbocycles. The number of thiophene rings is 1. The van der Waals surface area contributed by atoms with Crippen molar-refractivity contribution in [2.75, 3.05) is 5.75 Å². The maximum absolute atomic E-state index is 12.3. The zero-order valence-corrected chi connectivity index (χ0v) is 19.3. The van der Waals surface area contributed by atoms with Gasteiger partial charge in [0.15, 0.2) is 11.0 Å². The predicted molar refractivity (Wildman–Crippen MR) is 127 cm³/mol. The molecule has 0 atom stereocenters. The number of hydrogen-bond acceptors (Lipinski definition) is 6. The third-order valence-corrected chi connectivity index (χ3v) is 6.44. The fourth-order valence-electron chi connectivity index (χ4n) is 2.91. The van der Waals surface area contributed by atoms with Crippen LogP contribution in [0.1, 0.15) is 15.2 Å². The second-order valence-electron chi connectivity index (χ2n) is 6.76. The van der Waals surface area contributed by atoms with Crippen molar-refractivity contribution in [1.82, 2.24) is 25.6 Å². The van der Waals surface area contributed by atoms with E-state index in [0.29, 0.717) is 20.9 Å². The van der Waals surface area contributed by atoms with Gasteiger partial charge in [-0.15, -0.1) is 21.5 Å². The Kier molecular flexibility index (Phi) is 6.89. The lowest BCUT2D eigenvalue weighted by molar-refractivity contribution is -0.119. The average Bonchev–Trinajstić information content (AvgIpc) is 3.47. The SMILES string of the molecule is Cc1cccc(-n2c(SCC(=O)NNC(=O)c3cccs3)nnc2-c2ccc(Cl)cc2)c1. The van der Waals surface area contributed by atoms with Crippen molar-refractivity contribution < 1.29 is 9.59 Å². The van der Waals surface area contributed by atoms with Crippen LogP contribution in [0.4, 0.5) is 0 Å². The molecule has 2 N–H and O–H groups in total. The van der Waals surface area contributed by atoms with Gasteiger partial charge < -0.3 is 0 Å². The molecule has 0 aliphatic heterocycles. The van der Waals surface area contributed by atoms with E-state index in [4.69, 9.17) is 11.6 Å². The zero-order valence-electron chi connectivity index (χ0n) is 16.9. The smallest absolute Gasteiger partial charge is 0.272 e. The van der Waals surface area contributed by atoms with Gasteiger partial charge in [-0.05, 0) is 60.3 Å². The Morgan fingerprint density at radius 2 is 1.88 bits per heavy atom. The minimum atomic E-state index is -0.355. The number of carbonyl (C=O) groups is 2. The van der Waals surface area contributed by atoms with E-state index in [1.807, 2.05) is 47.9 Å². The van der Waals surface area contributed by atoms with Crippen LogP contribution in [0.25, 0.3) is 17.1 Å². The number of hydrogen-bond donors (Lipinski definition) is 2. The summed E-state index contributed by atoms with van der Waals surface area (Å²) in [6.07, 6.45) is 0. The fourth-order valence-corrected chi connectivity index (χ4v) is 4.41. The van der Waals surface area contributed by atoms with Crippen molar-refractivity contribution in [3.63, 3.8) is 0 Å². The first-order valence-electron chi connectivity index (χ1n) is 9.55. The van der Waals surface area contributed by atoms with Crippen molar-refractivity contribution in [2.45, 2.75) is 12.1 Å². The average molecular weight is 484 g/mol. The Labute approximate surface area is 197 Å².